The minimum atomic E-state index is -0.0641. The standard InChI is InChI=1S/C14H32N2O2/c1-8-15(4,5)10-11-18-14(17)13(3)12-16(6,7)9-2/h13H,8-12H2,1-7H3/q+2. The number of quaternary nitrogens is 2. The molecule has 0 fully saturated rings. The van der Waals surface area contributed by atoms with E-state index in [1.807, 2.05) is 6.92 Å². The molecular weight excluding hydrogens is 228 g/mol. The molecule has 18 heavy (non-hydrogen) atoms. The van der Waals surface area contributed by atoms with Crippen molar-refractivity contribution in [2.24, 2.45) is 5.92 Å². The molecular formula is C14H32N2O2+2. The van der Waals surface area contributed by atoms with Gasteiger partial charge in [0.25, 0.3) is 0 Å². The minimum Gasteiger partial charge on any atom is -0.459 e. The molecule has 0 saturated heterocycles. The number of likely N-dealkylation sites (N-methyl/N-ethyl adjacent to an activating group) is 1. The summed E-state index contributed by atoms with van der Waals surface area (Å²) in [5.41, 5.74) is 0. The molecule has 0 aromatic rings. The van der Waals surface area contributed by atoms with Crippen molar-refractivity contribution in [3.05, 3.63) is 0 Å². The van der Waals surface area contributed by atoms with Crippen molar-refractivity contribution in [1.82, 2.24) is 0 Å². The Morgan fingerprint density at radius 3 is 2.00 bits per heavy atom. The second-order valence-corrected chi connectivity index (χ2v) is 6.48. The van der Waals surface area contributed by atoms with Crippen LogP contribution in [0.1, 0.15) is 20.8 Å². The first kappa shape index (κ1) is 17.4. The highest BCUT2D eigenvalue weighted by Crippen LogP contribution is 2.07. The van der Waals surface area contributed by atoms with Gasteiger partial charge < -0.3 is 13.7 Å². The molecule has 0 aliphatic rings. The van der Waals surface area contributed by atoms with Crippen LogP contribution >= 0.6 is 0 Å². The van der Waals surface area contributed by atoms with E-state index in [9.17, 15) is 4.79 Å². The summed E-state index contributed by atoms with van der Waals surface area (Å²) in [6.07, 6.45) is 0. The molecule has 0 aromatic heterocycles. The lowest BCUT2D eigenvalue weighted by Gasteiger charge is -2.31. The third-order valence-corrected chi connectivity index (χ3v) is 3.82. The van der Waals surface area contributed by atoms with Crippen LogP contribution in [0.2, 0.25) is 0 Å². The van der Waals surface area contributed by atoms with E-state index in [2.05, 4.69) is 42.0 Å². The normalized spacial score (nSPS) is 14.4. The largest absolute Gasteiger partial charge is 0.459 e. The van der Waals surface area contributed by atoms with Crippen LogP contribution in [-0.2, 0) is 9.53 Å². The molecule has 0 rings (SSSR count). The Morgan fingerprint density at radius 1 is 1.06 bits per heavy atom. The van der Waals surface area contributed by atoms with Crippen molar-refractivity contribution in [2.75, 3.05) is 61.0 Å². The summed E-state index contributed by atoms with van der Waals surface area (Å²) < 4.78 is 7.11. The number of rotatable bonds is 8. The van der Waals surface area contributed by atoms with Crippen molar-refractivity contribution in [1.29, 1.82) is 0 Å². The van der Waals surface area contributed by atoms with Gasteiger partial charge >= 0.3 is 5.97 Å². The van der Waals surface area contributed by atoms with E-state index < -0.39 is 0 Å². The zero-order valence-electron chi connectivity index (χ0n) is 13.3. The average Bonchev–Trinajstić information content (AvgIpc) is 2.28. The van der Waals surface area contributed by atoms with Gasteiger partial charge in [-0.05, 0) is 20.8 Å². The molecule has 4 nitrogen and oxygen atoms in total. The summed E-state index contributed by atoms with van der Waals surface area (Å²) >= 11 is 0. The number of nitrogens with zero attached hydrogens (tertiary/aromatic N) is 2. The Kier molecular flexibility index (Phi) is 6.86. The van der Waals surface area contributed by atoms with Crippen molar-refractivity contribution in [3.63, 3.8) is 0 Å². The highest BCUT2D eigenvalue weighted by Gasteiger charge is 2.24. The molecule has 0 aromatic carbocycles. The first-order valence-electron chi connectivity index (χ1n) is 6.94. The second kappa shape index (κ2) is 7.10. The van der Waals surface area contributed by atoms with Crippen LogP contribution in [0.3, 0.4) is 0 Å². The molecule has 0 N–H and O–H groups in total. The number of hydrogen-bond acceptors (Lipinski definition) is 2. The van der Waals surface area contributed by atoms with Crippen LogP contribution < -0.4 is 0 Å². The molecule has 1 atom stereocenters. The summed E-state index contributed by atoms with van der Waals surface area (Å²) in [5, 5.41) is 0. The molecule has 0 bridgehead atoms. The Morgan fingerprint density at radius 2 is 1.56 bits per heavy atom. The van der Waals surface area contributed by atoms with Gasteiger partial charge in [0.15, 0.2) is 0 Å². The molecule has 4 heteroatoms. The highest BCUT2D eigenvalue weighted by atomic mass is 16.5. The van der Waals surface area contributed by atoms with Crippen molar-refractivity contribution in [3.8, 4) is 0 Å². The SMILES string of the molecule is CC[N+](C)(C)CCOC(=O)C(C)C[N+](C)(C)CC. The Bertz CT molecular complexity index is 263. The molecule has 0 amide bonds. The van der Waals surface area contributed by atoms with Crippen LogP contribution in [0.5, 0.6) is 0 Å². The van der Waals surface area contributed by atoms with Gasteiger partial charge in [-0.3, -0.25) is 4.79 Å². The fraction of sp³-hybridized carbons (Fsp3) is 0.929. The summed E-state index contributed by atoms with van der Waals surface area (Å²) in [7, 11) is 8.57. The van der Waals surface area contributed by atoms with E-state index >= 15 is 0 Å². The van der Waals surface area contributed by atoms with E-state index in [-0.39, 0.29) is 11.9 Å². The molecule has 0 spiro atoms. The molecule has 108 valence electrons. The van der Waals surface area contributed by atoms with E-state index in [4.69, 9.17) is 4.74 Å². The first-order valence-corrected chi connectivity index (χ1v) is 6.94. The van der Waals surface area contributed by atoms with Gasteiger partial charge in [-0.1, -0.05) is 0 Å². The smallest absolute Gasteiger partial charge is 0.314 e. The molecule has 0 radical (unpaired) electrons. The molecule has 1 unspecified atom stereocenters. The van der Waals surface area contributed by atoms with Crippen molar-refractivity contribution < 1.29 is 18.5 Å². The van der Waals surface area contributed by atoms with E-state index in [1.54, 1.807) is 0 Å². The van der Waals surface area contributed by atoms with Gasteiger partial charge in [0.05, 0.1) is 47.8 Å². The molecule has 0 heterocycles. The molecule has 0 aliphatic heterocycles. The zero-order valence-corrected chi connectivity index (χ0v) is 13.3. The lowest BCUT2D eigenvalue weighted by Crippen LogP contribution is -2.45. The zero-order chi connectivity index (χ0) is 14.4. The Hall–Kier alpha value is -0.610. The van der Waals surface area contributed by atoms with E-state index in [1.165, 1.54) is 0 Å². The third-order valence-electron chi connectivity index (χ3n) is 3.82. The fourth-order valence-corrected chi connectivity index (χ4v) is 1.64. The maximum absolute atomic E-state index is 11.9. The van der Waals surface area contributed by atoms with E-state index in [0.29, 0.717) is 6.61 Å². The topological polar surface area (TPSA) is 26.3 Å². The maximum atomic E-state index is 11.9. The van der Waals surface area contributed by atoms with Gasteiger partial charge in [-0.15, -0.1) is 0 Å². The predicted octanol–water partition coefficient (Wildman–Crippen LogP) is 1.36. The van der Waals surface area contributed by atoms with Gasteiger partial charge in [0.2, 0.25) is 0 Å². The Labute approximate surface area is 113 Å². The Balaban J connectivity index is 4.03. The lowest BCUT2D eigenvalue weighted by atomic mass is 10.1. The molecule has 0 aliphatic carbocycles. The van der Waals surface area contributed by atoms with Gasteiger partial charge in [0.1, 0.15) is 19.1 Å². The summed E-state index contributed by atoms with van der Waals surface area (Å²) in [6, 6.07) is 0. The number of hydrogen-bond donors (Lipinski definition) is 0. The van der Waals surface area contributed by atoms with E-state index in [0.717, 1.165) is 35.1 Å². The first-order chi connectivity index (χ1) is 8.13. The molecule has 0 saturated carbocycles. The highest BCUT2D eigenvalue weighted by molar-refractivity contribution is 5.72. The summed E-state index contributed by atoms with van der Waals surface area (Å²) in [5.74, 6) is -0.0945. The monoisotopic (exact) mass is 260 g/mol. The fourth-order valence-electron chi connectivity index (χ4n) is 1.64. The van der Waals surface area contributed by atoms with Crippen LogP contribution in [0.15, 0.2) is 0 Å². The number of esters is 1. The summed E-state index contributed by atoms with van der Waals surface area (Å²) in [6.45, 7) is 10.5. The number of ether oxygens (including phenoxy) is 1. The minimum absolute atomic E-state index is 0.0304. The van der Waals surface area contributed by atoms with Crippen LogP contribution in [0, 0.1) is 5.92 Å². The average molecular weight is 260 g/mol. The van der Waals surface area contributed by atoms with Gasteiger partial charge in [-0.2, -0.15) is 0 Å². The number of carbonyl (C=O) groups excluding carboxylic acids is 1. The second-order valence-electron chi connectivity index (χ2n) is 6.48. The predicted molar refractivity (Wildman–Crippen MR) is 75.2 cm³/mol. The van der Waals surface area contributed by atoms with Gasteiger partial charge in [-0.25, -0.2) is 0 Å². The van der Waals surface area contributed by atoms with Crippen LogP contribution in [0.4, 0.5) is 0 Å². The lowest BCUT2D eigenvalue weighted by molar-refractivity contribution is -0.891. The summed E-state index contributed by atoms with van der Waals surface area (Å²) in [4.78, 5) is 11.9. The number of carbonyl (C=O) groups is 1. The van der Waals surface area contributed by atoms with Crippen molar-refractivity contribution >= 4 is 5.97 Å². The van der Waals surface area contributed by atoms with Crippen LogP contribution in [0.25, 0.3) is 0 Å². The maximum Gasteiger partial charge on any atom is 0.314 e. The third kappa shape index (κ3) is 6.97. The van der Waals surface area contributed by atoms with Crippen LogP contribution in [-0.4, -0.2) is 75.9 Å². The quantitative estimate of drug-likeness (QED) is 0.486. The van der Waals surface area contributed by atoms with Crippen molar-refractivity contribution in [2.45, 2.75) is 20.8 Å². The van der Waals surface area contributed by atoms with Gasteiger partial charge in [0, 0.05) is 0 Å².